The number of benzene rings is 1. The molecule has 6 heterocycles. The molecule has 0 saturated carbocycles. The molecule has 0 spiro atoms. The first-order valence-electron chi connectivity index (χ1n) is 15.3. The van der Waals surface area contributed by atoms with Crippen LogP contribution in [0.4, 0.5) is 5.82 Å². The van der Waals surface area contributed by atoms with Gasteiger partial charge < -0.3 is 19.5 Å². The van der Waals surface area contributed by atoms with Crippen molar-refractivity contribution in [2.45, 2.75) is 58.2 Å². The number of hydrogen-bond donors (Lipinski definition) is 1. The van der Waals surface area contributed by atoms with Gasteiger partial charge in [-0.05, 0) is 68.9 Å². The summed E-state index contributed by atoms with van der Waals surface area (Å²) in [6.07, 6.45) is 7.85. The lowest BCUT2D eigenvalue weighted by Gasteiger charge is -2.40. The maximum absolute atomic E-state index is 13.9. The number of nitrogens with one attached hydrogen (secondary N) is 1. The van der Waals surface area contributed by atoms with Gasteiger partial charge in [0.05, 0.1) is 28.7 Å². The lowest BCUT2D eigenvalue weighted by atomic mass is 10.0. The minimum Gasteiger partial charge on any atom is -0.381 e. The van der Waals surface area contributed by atoms with Gasteiger partial charge in [0.15, 0.2) is 0 Å². The van der Waals surface area contributed by atoms with Crippen molar-refractivity contribution >= 4 is 33.5 Å². The Morgan fingerprint density at radius 3 is 2.60 bits per heavy atom. The van der Waals surface area contributed by atoms with Crippen molar-refractivity contribution in [3.05, 3.63) is 63.7 Å². The van der Waals surface area contributed by atoms with Gasteiger partial charge in [-0.3, -0.25) is 19.2 Å². The summed E-state index contributed by atoms with van der Waals surface area (Å²) >= 11 is 0. The van der Waals surface area contributed by atoms with Crippen molar-refractivity contribution in [2.75, 3.05) is 50.8 Å². The number of fused-ring (bicyclic) bond motifs is 3. The van der Waals surface area contributed by atoms with Crippen LogP contribution in [-0.2, 0) is 11.3 Å². The van der Waals surface area contributed by atoms with Gasteiger partial charge in [0.25, 0.3) is 11.5 Å². The number of aromatic nitrogens is 4. The standard InChI is InChI=1S/C32H39N7O3/c1-21-15-28-26(30-27(31(40)35-28)18-34-39(30)24-7-13-42-14-8-24)16-25(21)32(41)38-12-11-37(22(2)19-38)20-23-5-6-29(33-17-23)36-9-3-4-10-36/h5-6,15-18,22,24H,3-4,7-14,19-20H2,1-2H3,(H,35,40)/t22-/m0/s1. The molecule has 1 N–H and O–H groups in total. The van der Waals surface area contributed by atoms with Crippen LogP contribution < -0.4 is 10.5 Å². The number of hydrogen-bond acceptors (Lipinski definition) is 7. The molecule has 3 saturated heterocycles. The number of piperazine rings is 1. The Labute approximate surface area is 245 Å². The Morgan fingerprint density at radius 2 is 1.86 bits per heavy atom. The first-order chi connectivity index (χ1) is 20.5. The number of aromatic amines is 1. The molecule has 0 aliphatic carbocycles. The highest BCUT2D eigenvalue weighted by Crippen LogP contribution is 2.30. The molecular formula is C32H39N7O3. The zero-order valence-electron chi connectivity index (χ0n) is 24.5. The van der Waals surface area contributed by atoms with Crippen LogP contribution in [0, 0.1) is 6.92 Å². The maximum atomic E-state index is 13.9. The SMILES string of the molecule is Cc1cc2[nH]c(=O)c3cnn(C4CCOCC4)c3c2cc1C(=O)N1CCN(Cc2ccc(N3CCCC3)nc2)[C@@H](C)C1. The van der Waals surface area contributed by atoms with Gasteiger partial charge in [0, 0.05) is 75.7 Å². The van der Waals surface area contributed by atoms with Crippen LogP contribution in [0.3, 0.4) is 0 Å². The summed E-state index contributed by atoms with van der Waals surface area (Å²) in [5.41, 5.74) is 4.13. The molecule has 0 unspecified atom stereocenters. The molecule has 1 amide bonds. The average Bonchev–Trinajstić information content (AvgIpc) is 3.70. The number of H-pyrrole nitrogens is 1. The lowest BCUT2D eigenvalue weighted by Crippen LogP contribution is -2.53. The van der Waals surface area contributed by atoms with E-state index >= 15 is 0 Å². The van der Waals surface area contributed by atoms with Gasteiger partial charge in [0.1, 0.15) is 5.82 Å². The molecule has 220 valence electrons. The van der Waals surface area contributed by atoms with Crippen LogP contribution in [0.1, 0.15) is 60.1 Å². The van der Waals surface area contributed by atoms with Crippen LogP contribution >= 0.6 is 0 Å². The van der Waals surface area contributed by atoms with E-state index in [4.69, 9.17) is 9.72 Å². The minimum absolute atomic E-state index is 0.0361. The van der Waals surface area contributed by atoms with Crippen LogP contribution in [0.5, 0.6) is 0 Å². The Morgan fingerprint density at radius 1 is 1.05 bits per heavy atom. The topological polar surface area (TPSA) is 99.6 Å². The number of rotatable bonds is 5. The van der Waals surface area contributed by atoms with E-state index in [9.17, 15) is 9.59 Å². The molecule has 7 rings (SSSR count). The number of aryl methyl sites for hydroxylation is 1. The highest BCUT2D eigenvalue weighted by Gasteiger charge is 2.29. The van der Waals surface area contributed by atoms with E-state index in [1.807, 2.05) is 34.8 Å². The third-order valence-electron chi connectivity index (χ3n) is 9.35. The highest BCUT2D eigenvalue weighted by atomic mass is 16.5. The first-order valence-corrected chi connectivity index (χ1v) is 15.3. The average molecular weight is 570 g/mol. The Balaban J connectivity index is 1.11. The van der Waals surface area contributed by atoms with Crippen molar-refractivity contribution < 1.29 is 9.53 Å². The van der Waals surface area contributed by atoms with Gasteiger partial charge >= 0.3 is 0 Å². The number of carbonyl (C=O) groups is 1. The summed E-state index contributed by atoms with van der Waals surface area (Å²) in [6.45, 7) is 10.7. The van der Waals surface area contributed by atoms with E-state index in [-0.39, 0.29) is 23.6 Å². The second-order valence-electron chi connectivity index (χ2n) is 12.2. The summed E-state index contributed by atoms with van der Waals surface area (Å²) in [4.78, 5) is 41.4. The molecule has 10 nitrogen and oxygen atoms in total. The van der Waals surface area contributed by atoms with Crippen molar-refractivity contribution in [1.29, 1.82) is 0 Å². The fourth-order valence-electron chi connectivity index (χ4n) is 6.89. The van der Waals surface area contributed by atoms with Crippen molar-refractivity contribution in [1.82, 2.24) is 29.5 Å². The van der Waals surface area contributed by atoms with E-state index in [0.29, 0.717) is 37.3 Å². The number of anilines is 1. The number of nitrogens with zero attached hydrogens (tertiary/aromatic N) is 6. The van der Waals surface area contributed by atoms with E-state index in [2.05, 4.69) is 38.9 Å². The quantitative estimate of drug-likeness (QED) is 0.390. The second kappa shape index (κ2) is 11.1. The van der Waals surface area contributed by atoms with E-state index < -0.39 is 0 Å². The van der Waals surface area contributed by atoms with E-state index in [1.54, 1.807) is 6.20 Å². The Hall–Kier alpha value is -3.76. The Kier molecular flexibility index (Phi) is 7.19. The van der Waals surface area contributed by atoms with Crippen LogP contribution in [0.15, 0.2) is 41.5 Å². The number of ether oxygens (including phenoxy) is 1. The fraction of sp³-hybridized carbons (Fsp3) is 0.500. The molecule has 4 aromatic rings. The summed E-state index contributed by atoms with van der Waals surface area (Å²) in [5, 5.41) is 6.04. The predicted octanol–water partition coefficient (Wildman–Crippen LogP) is 3.88. The molecule has 42 heavy (non-hydrogen) atoms. The zero-order valence-corrected chi connectivity index (χ0v) is 24.5. The molecule has 3 fully saturated rings. The lowest BCUT2D eigenvalue weighted by molar-refractivity contribution is 0.0494. The molecule has 3 aliphatic rings. The zero-order chi connectivity index (χ0) is 28.8. The molecule has 1 aromatic carbocycles. The second-order valence-corrected chi connectivity index (χ2v) is 12.2. The van der Waals surface area contributed by atoms with Crippen molar-refractivity contribution in [2.24, 2.45) is 0 Å². The van der Waals surface area contributed by atoms with Gasteiger partial charge in [0.2, 0.25) is 0 Å². The van der Waals surface area contributed by atoms with E-state index in [0.717, 1.165) is 66.8 Å². The normalized spacial score (nSPS) is 20.7. The number of carbonyl (C=O) groups excluding carboxylic acids is 1. The molecule has 1 atom stereocenters. The van der Waals surface area contributed by atoms with Crippen molar-refractivity contribution in [3.63, 3.8) is 0 Å². The fourth-order valence-corrected chi connectivity index (χ4v) is 6.89. The Bertz CT molecular complexity index is 1670. The highest BCUT2D eigenvalue weighted by molar-refractivity contribution is 6.07. The predicted molar refractivity (Wildman–Crippen MR) is 163 cm³/mol. The third kappa shape index (κ3) is 4.96. The molecule has 0 bridgehead atoms. The summed E-state index contributed by atoms with van der Waals surface area (Å²) in [7, 11) is 0. The monoisotopic (exact) mass is 569 g/mol. The van der Waals surface area contributed by atoms with Gasteiger partial charge in [-0.1, -0.05) is 6.07 Å². The largest absolute Gasteiger partial charge is 0.381 e. The number of pyridine rings is 2. The van der Waals surface area contributed by atoms with Crippen molar-refractivity contribution in [3.8, 4) is 0 Å². The summed E-state index contributed by atoms with van der Waals surface area (Å²) < 4.78 is 7.54. The van der Waals surface area contributed by atoms with E-state index in [1.165, 1.54) is 18.4 Å². The van der Waals surface area contributed by atoms with Crippen LogP contribution in [0.2, 0.25) is 0 Å². The van der Waals surface area contributed by atoms with Gasteiger partial charge in [-0.15, -0.1) is 0 Å². The summed E-state index contributed by atoms with van der Waals surface area (Å²) in [6, 6.07) is 8.63. The molecule has 0 radical (unpaired) electrons. The third-order valence-corrected chi connectivity index (χ3v) is 9.35. The van der Waals surface area contributed by atoms with Gasteiger partial charge in [-0.25, -0.2) is 4.98 Å². The minimum atomic E-state index is -0.153. The summed E-state index contributed by atoms with van der Waals surface area (Å²) in [5.74, 6) is 1.11. The maximum Gasteiger partial charge on any atom is 0.259 e. The molecule has 10 heteroatoms. The molecule has 3 aliphatic heterocycles. The first kappa shape index (κ1) is 27.1. The molecule has 3 aromatic heterocycles. The van der Waals surface area contributed by atoms with Gasteiger partial charge in [-0.2, -0.15) is 5.10 Å². The smallest absolute Gasteiger partial charge is 0.259 e. The van der Waals surface area contributed by atoms with Crippen LogP contribution in [-0.4, -0.2) is 87.4 Å². The number of amides is 1. The van der Waals surface area contributed by atoms with Crippen LogP contribution in [0.25, 0.3) is 21.8 Å². The molecular weight excluding hydrogens is 530 g/mol.